The largest absolute Gasteiger partial charge is 0.396 e. The highest BCUT2D eigenvalue weighted by Crippen LogP contribution is 2.26. The van der Waals surface area contributed by atoms with Crippen LogP contribution in [-0.4, -0.2) is 30.2 Å². The summed E-state index contributed by atoms with van der Waals surface area (Å²) in [5.74, 6) is -0.319. The van der Waals surface area contributed by atoms with Crippen molar-refractivity contribution in [2.75, 3.05) is 13.2 Å². The third kappa shape index (κ3) is 3.91. The van der Waals surface area contributed by atoms with E-state index >= 15 is 0 Å². The Hall–Kier alpha value is -1.17. The van der Waals surface area contributed by atoms with Crippen molar-refractivity contribution in [3.63, 3.8) is 0 Å². The Morgan fingerprint density at radius 3 is 2.90 bits per heavy atom. The topological polar surface area (TPSA) is 61.4 Å². The van der Waals surface area contributed by atoms with Crippen LogP contribution in [0.25, 0.3) is 0 Å². The lowest BCUT2D eigenvalue weighted by molar-refractivity contribution is -0.120. The molecule has 0 aliphatic heterocycles. The minimum Gasteiger partial charge on any atom is -0.396 e. The maximum absolute atomic E-state index is 13.6. The van der Waals surface area contributed by atoms with Gasteiger partial charge in [-0.1, -0.05) is 23.7 Å². The SMILES string of the molecule is O=C(CNC1CC(CO)C1)NCc1cccc(Cl)c1F. The highest BCUT2D eigenvalue weighted by atomic mass is 35.5. The van der Waals surface area contributed by atoms with Crippen LogP contribution < -0.4 is 10.6 Å². The molecule has 1 aromatic rings. The summed E-state index contributed by atoms with van der Waals surface area (Å²) in [4.78, 5) is 11.6. The lowest BCUT2D eigenvalue weighted by Gasteiger charge is -2.34. The zero-order chi connectivity index (χ0) is 14.5. The Morgan fingerprint density at radius 1 is 1.45 bits per heavy atom. The fourth-order valence-electron chi connectivity index (χ4n) is 2.23. The molecule has 0 bridgehead atoms. The Bertz CT molecular complexity index is 478. The molecule has 3 N–H and O–H groups in total. The summed E-state index contributed by atoms with van der Waals surface area (Å²) < 4.78 is 13.6. The Balaban J connectivity index is 1.69. The van der Waals surface area contributed by atoms with Gasteiger partial charge in [-0.25, -0.2) is 4.39 Å². The van der Waals surface area contributed by atoms with Gasteiger partial charge in [-0.2, -0.15) is 0 Å². The summed E-state index contributed by atoms with van der Waals surface area (Å²) in [6, 6.07) is 5.00. The number of aliphatic hydroxyl groups excluding tert-OH is 1. The first-order chi connectivity index (χ1) is 9.60. The molecule has 0 unspecified atom stereocenters. The fraction of sp³-hybridized carbons (Fsp3) is 0.500. The van der Waals surface area contributed by atoms with Crippen LogP contribution in [0.4, 0.5) is 4.39 Å². The highest BCUT2D eigenvalue weighted by Gasteiger charge is 2.28. The number of hydrogen-bond acceptors (Lipinski definition) is 3. The van der Waals surface area contributed by atoms with Crippen molar-refractivity contribution in [3.05, 3.63) is 34.6 Å². The molecular formula is C14H18ClFN2O2. The van der Waals surface area contributed by atoms with Crippen LogP contribution in [0.2, 0.25) is 5.02 Å². The zero-order valence-electron chi connectivity index (χ0n) is 11.0. The molecule has 0 heterocycles. The summed E-state index contributed by atoms with van der Waals surface area (Å²) in [6.07, 6.45) is 1.79. The second-order valence-electron chi connectivity index (χ2n) is 5.09. The second kappa shape index (κ2) is 7.02. The van der Waals surface area contributed by atoms with Crippen molar-refractivity contribution in [1.82, 2.24) is 10.6 Å². The molecule has 0 aromatic heterocycles. The third-order valence-electron chi connectivity index (χ3n) is 3.55. The molecule has 1 fully saturated rings. The van der Waals surface area contributed by atoms with Crippen LogP contribution in [0, 0.1) is 11.7 Å². The molecule has 1 aromatic carbocycles. The van der Waals surface area contributed by atoms with E-state index in [0.717, 1.165) is 12.8 Å². The van der Waals surface area contributed by atoms with E-state index in [-0.39, 0.29) is 30.6 Å². The number of halogens is 2. The number of hydrogen-bond donors (Lipinski definition) is 3. The number of rotatable bonds is 6. The maximum atomic E-state index is 13.6. The van der Waals surface area contributed by atoms with Gasteiger partial charge in [-0.3, -0.25) is 4.79 Å². The predicted molar refractivity (Wildman–Crippen MR) is 74.9 cm³/mol. The van der Waals surface area contributed by atoms with E-state index in [4.69, 9.17) is 16.7 Å². The Kier molecular flexibility index (Phi) is 5.34. The molecule has 20 heavy (non-hydrogen) atoms. The first-order valence-electron chi connectivity index (χ1n) is 6.64. The fourth-order valence-corrected chi connectivity index (χ4v) is 2.42. The monoisotopic (exact) mass is 300 g/mol. The minimum atomic E-state index is -0.493. The summed E-state index contributed by atoms with van der Waals surface area (Å²) in [5.41, 5.74) is 0.370. The smallest absolute Gasteiger partial charge is 0.234 e. The van der Waals surface area contributed by atoms with Gasteiger partial charge in [0.05, 0.1) is 11.6 Å². The minimum absolute atomic E-state index is 0.0550. The zero-order valence-corrected chi connectivity index (χ0v) is 11.8. The highest BCUT2D eigenvalue weighted by molar-refractivity contribution is 6.30. The summed E-state index contributed by atoms with van der Waals surface area (Å²) in [6.45, 7) is 0.528. The number of aliphatic hydroxyl groups is 1. The van der Waals surface area contributed by atoms with E-state index in [1.54, 1.807) is 12.1 Å². The summed E-state index contributed by atoms with van der Waals surface area (Å²) in [7, 11) is 0. The normalized spacial score (nSPS) is 21.4. The van der Waals surface area contributed by atoms with Gasteiger partial charge in [0.2, 0.25) is 5.91 Å². The quantitative estimate of drug-likeness (QED) is 0.745. The lowest BCUT2D eigenvalue weighted by Crippen LogP contribution is -2.46. The molecule has 0 atom stereocenters. The standard InChI is InChI=1S/C14H18ClFN2O2/c15-12-3-1-2-10(14(12)16)6-18-13(20)7-17-11-4-9(5-11)8-19/h1-3,9,11,17,19H,4-8H2,(H,18,20). The van der Waals surface area contributed by atoms with Gasteiger partial charge in [0, 0.05) is 24.8 Å². The van der Waals surface area contributed by atoms with Crippen molar-refractivity contribution in [3.8, 4) is 0 Å². The molecule has 0 radical (unpaired) electrons. The number of carbonyl (C=O) groups excluding carboxylic acids is 1. The predicted octanol–water partition coefficient (Wildman–Crippen LogP) is 1.46. The van der Waals surface area contributed by atoms with E-state index in [1.807, 2.05) is 0 Å². The molecule has 2 rings (SSSR count). The molecule has 1 saturated carbocycles. The first-order valence-corrected chi connectivity index (χ1v) is 7.01. The molecular weight excluding hydrogens is 283 g/mol. The average Bonchev–Trinajstić information content (AvgIpc) is 2.39. The molecule has 110 valence electrons. The Labute approximate surface area is 122 Å². The first kappa shape index (κ1) is 15.2. The Morgan fingerprint density at radius 2 is 2.20 bits per heavy atom. The number of amides is 1. The third-order valence-corrected chi connectivity index (χ3v) is 3.84. The summed E-state index contributed by atoms with van der Waals surface area (Å²) in [5, 5.41) is 14.7. The van der Waals surface area contributed by atoms with Gasteiger partial charge >= 0.3 is 0 Å². The van der Waals surface area contributed by atoms with Crippen LogP contribution in [0.3, 0.4) is 0 Å². The van der Waals surface area contributed by atoms with Gasteiger partial charge in [0.15, 0.2) is 0 Å². The van der Waals surface area contributed by atoms with Crippen LogP contribution >= 0.6 is 11.6 Å². The van der Waals surface area contributed by atoms with Crippen LogP contribution in [0.5, 0.6) is 0 Å². The number of nitrogens with one attached hydrogen (secondary N) is 2. The number of benzene rings is 1. The second-order valence-corrected chi connectivity index (χ2v) is 5.49. The lowest BCUT2D eigenvalue weighted by atomic mass is 9.81. The van der Waals surface area contributed by atoms with Crippen LogP contribution in [0.15, 0.2) is 18.2 Å². The van der Waals surface area contributed by atoms with E-state index in [0.29, 0.717) is 17.5 Å². The van der Waals surface area contributed by atoms with Gasteiger partial charge in [0.25, 0.3) is 0 Å². The van der Waals surface area contributed by atoms with Crippen molar-refractivity contribution >= 4 is 17.5 Å². The molecule has 1 aliphatic rings. The van der Waals surface area contributed by atoms with Gasteiger partial charge in [0.1, 0.15) is 5.82 Å². The average molecular weight is 301 g/mol. The molecule has 0 spiro atoms. The molecule has 1 amide bonds. The van der Waals surface area contributed by atoms with Crippen molar-refractivity contribution in [2.24, 2.45) is 5.92 Å². The van der Waals surface area contributed by atoms with Gasteiger partial charge < -0.3 is 15.7 Å². The van der Waals surface area contributed by atoms with Gasteiger partial charge in [-0.15, -0.1) is 0 Å². The van der Waals surface area contributed by atoms with Gasteiger partial charge in [-0.05, 0) is 24.8 Å². The molecule has 6 heteroatoms. The molecule has 1 aliphatic carbocycles. The van der Waals surface area contributed by atoms with E-state index in [9.17, 15) is 9.18 Å². The summed E-state index contributed by atoms with van der Waals surface area (Å²) >= 11 is 5.67. The maximum Gasteiger partial charge on any atom is 0.234 e. The van der Waals surface area contributed by atoms with Crippen LogP contribution in [0.1, 0.15) is 18.4 Å². The van der Waals surface area contributed by atoms with Crippen molar-refractivity contribution < 1.29 is 14.3 Å². The van der Waals surface area contributed by atoms with E-state index in [1.165, 1.54) is 6.07 Å². The molecule has 4 nitrogen and oxygen atoms in total. The van der Waals surface area contributed by atoms with Crippen molar-refractivity contribution in [2.45, 2.75) is 25.4 Å². The van der Waals surface area contributed by atoms with Crippen molar-refractivity contribution in [1.29, 1.82) is 0 Å². The van der Waals surface area contributed by atoms with E-state index in [2.05, 4.69) is 10.6 Å². The molecule has 0 saturated heterocycles. The van der Waals surface area contributed by atoms with E-state index < -0.39 is 5.82 Å². The number of carbonyl (C=O) groups is 1. The van der Waals surface area contributed by atoms with Crippen LogP contribution in [-0.2, 0) is 11.3 Å².